The first-order valence-corrected chi connectivity index (χ1v) is 10.2. The van der Waals surface area contributed by atoms with Gasteiger partial charge in [-0.15, -0.1) is 0 Å². The van der Waals surface area contributed by atoms with Crippen LogP contribution in [-0.4, -0.2) is 49.4 Å². The number of amides is 2. The highest BCUT2D eigenvalue weighted by Crippen LogP contribution is 2.24. The predicted molar refractivity (Wildman–Crippen MR) is 119 cm³/mol. The summed E-state index contributed by atoms with van der Waals surface area (Å²) in [6, 6.07) is 12.2. The van der Waals surface area contributed by atoms with Crippen LogP contribution < -0.4 is 9.80 Å². The van der Waals surface area contributed by atoms with Gasteiger partial charge >= 0.3 is 0 Å². The molecule has 0 radical (unpaired) electrons. The van der Waals surface area contributed by atoms with Gasteiger partial charge in [0.1, 0.15) is 6.54 Å². The first kappa shape index (κ1) is 20.9. The van der Waals surface area contributed by atoms with Gasteiger partial charge in [-0.05, 0) is 68.1 Å². The number of aryl methyl sites for hydroxylation is 3. The van der Waals surface area contributed by atoms with Crippen molar-refractivity contribution in [3.8, 4) is 0 Å². The Balaban J connectivity index is 1.65. The number of hydrogen-bond donors (Lipinski definition) is 0. The normalized spacial score (nSPS) is 14.1. The zero-order valence-electron chi connectivity index (χ0n) is 18.2. The molecule has 0 aliphatic carbocycles. The monoisotopic (exact) mass is 393 g/mol. The number of carbonyl (C=O) groups excluding carboxylic acids is 2. The molecule has 1 heterocycles. The van der Waals surface area contributed by atoms with Crippen molar-refractivity contribution in [3.63, 3.8) is 0 Å². The molecule has 0 unspecified atom stereocenters. The Hall–Kier alpha value is -2.82. The van der Waals surface area contributed by atoms with Gasteiger partial charge in [-0.25, -0.2) is 0 Å². The molecule has 29 heavy (non-hydrogen) atoms. The second kappa shape index (κ2) is 8.68. The summed E-state index contributed by atoms with van der Waals surface area (Å²) in [5.41, 5.74) is 6.89. The van der Waals surface area contributed by atoms with Crippen LogP contribution in [0.5, 0.6) is 0 Å². The number of hydrogen-bond acceptors (Lipinski definition) is 3. The van der Waals surface area contributed by atoms with E-state index in [9.17, 15) is 9.59 Å². The summed E-state index contributed by atoms with van der Waals surface area (Å²) in [6.45, 7) is 12.9. The fourth-order valence-electron chi connectivity index (χ4n) is 3.79. The van der Waals surface area contributed by atoms with Gasteiger partial charge in [-0.2, -0.15) is 0 Å². The molecule has 0 spiro atoms. The number of anilines is 2. The molecule has 0 N–H and O–H groups in total. The Labute approximate surface area is 173 Å². The van der Waals surface area contributed by atoms with Gasteiger partial charge in [0, 0.05) is 44.5 Å². The second-order valence-corrected chi connectivity index (χ2v) is 7.96. The Bertz CT molecular complexity index is 914. The third kappa shape index (κ3) is 4.61. The van der Waals surface area contributed by atoms with E-state index < -0.39 is 0 Å². The second-order valence-electron chi connectivity index (χ2n) is 7.96. The zero-order chi connectivity index (χ0) is 21.1. The first-order chi connectivity index (χ1) is 13.8. The number of rotatable bonds is 4. The highest BCUT2D eigenvalue weighted by molar-refractivity contribution is 5.97. The lowest BCUT2D eigenvalue weighted by Crippen LogP contribution is -2.52. The van der Waals surface area contributed by atoms with Crippen molar-refractivity contribution in [2.45, 2.75) is 34.6 Å². The molecule has 1 fully saturated rings. The molecule has 0 atom stereocenters. The number of carbonyl (C=O) groups is 2. The highest BCUT2D eigenvalue weighted by Gasteiger charge is 2.25. The molecule has 2 aromatic rings. The van der Waals surface area contributed by atoms with Crippen molar-refractivity contribution in [2.75, 3.05) is 42.5 Å². The van der Waals surface area contributed by atoms with E-state index in [0.29, 0.717) is 13.1 Å². The number of nitrogens with zero attached hydrogens (tertiary/aromatic N) is 3. The van der Waals surface area contributed by atoms with Crippen LogP contribution in [0.1, 0.15) is 29.2 Å². The van der Waals surface area contributed by atoms with Gasteiger partial charge in [0.15, 0.2) is 0 Å². The summed E-state index contributed by atoms with van der Waals surface area (Å²) in [5.74, 6) is -0.116. The largest absolute Gasteiger partial charge is 0.368 e. The maximum atomic E-state index is 12.9. The van der Waals surface area contributed by atoms with Gasteiger partial charge in [0.2, 0.25) is 11.8 Å². The van der Waals surface area contributed by atoms with Crippen molar-refractivity contribution < 1.29 is 9.59 Å². The molecular formula is C24H31N3O2. The summed E-state index contributed by atoms with van der Waals surface area (Å²) >= 11 is 0. The molecule has 1 aliphatic heterocycles. The molecule has 1 aliphatic rings. The van der Waals surface area contributed by atoms with Crippen LogP contribution in [0.4, 0.5) is 11.4 Å². The number of piperazine rings is 1. The third-order valence-electron chi connectivity index (χ3n) is 6.02. The van der Waals surface area contributed by atoms with Crippen molar-refractivity contribution in [3.05, 3.63) is 58.7 Å². The Kier molecular flexibility index (Phi) is 6.26. The van der Waals surface area contributed by atoms with Crippen molar-refractivity contribution in [1.82, 2.24) is 4.90 Å². The molecule has 0 bridgehead atoms. The van der Waals surface area contributed by atoms with E-state index in [0.717, 1.165) is 24.3 Å². The Morgan fingerprint density at radius 2 is 1.59 bits per heavy atom. The molecule has 2 amide bonds. The molecule has 5 heteroatoms. The molecule has 0 aromatic heterocycles. The lowest BCUT2D eigenvalue weighted by Gasteiger charge is -2.37. The van der Waals surface area contributed by atoms with E-state index in [4.69, 9.17) is 0 Å². The fraction of sp³-hybridized carbons (Fsp3) is 0.417. The molecular weight excluding hydrogens is 362 g/mol. The smallest absolute Gasteiger partial charge is 0.242 e. The van der Waals surface area contributed by atoms with E-state index in [1.807, 2.05) is 36.9 Å². The molecule has 5 nitrogen and oxygen atoms in total. The fourth-order valence-corrected chi connectivity index (χ4v) is 3.79. The molecule has 0 saturated carbocycles. The van der Waals surface area contributed by atoms with Crippen LogP contribution >= 0.6 is 0 Å². The predicted octanol–water partition coefficient (Wildman–Crippen LogP) is 3.62. The van der Waals surface area contributed by atoms with E-state index in [-0.39, 0.29) is 18.4 Å². The van der Waals surface area contributed by atoms with Gasteiger partial charge in [0.05, 0.1) is 0 Å². The van der Waals surface area contributed by atoms with Crippen LogP contribution in [-0.2, 0) is 9.59 Å². The average Bonchev–Trinajstić information content (AvgIpc) is 2.70. The first-order valence-electron chi connectivity index (χ1n) is 10.2. The minimum absolute atomic E-state index is 0.000887. The topological polar surface area (TPSA) is 43.9 Å². The van der Waals surface area contributed by atoms with E-state index in [2.05, 4.69) is 36.9 Å². The van der Waals surface area contributed by atoms with Crippen molar-refractivity contribution in [1.29, 1.82) is 0 Å². The van der Waals surface area contributed by atoms with Gasteiger partial charge in [0.25, 0.3) is 0 Å². The lowest BCUT2D eigenvalue weighted by atomic mass is 10.1. The van der Waals surface area contributed by atoms with Crippen molar-refractivity contribution >= 4 is 23.2 Å². The van der Waals surface area contributed by atoms with Gasteiger partial charge in [-0.1, -0.05) is 18.2 Å². The summed E-state index contributed by atoms with van der Waals surface area (Å²) in [7, 11) is 0. The highest BCUT2D eigenvalue weighted by atomic mass is 16.2. The maximum Gasteiger partial charge on any atom is 0.242 e. The van der Waals surface area contributed by atoms with E-state index in [1.54, 1.807) is 4.90 Å². The Morgan fingerprint density at radius 1 is 0.897 bits per heavy atom. The maximum absolute atomic E-state index is 12.9. The summed E-state index contributed by atoms with van der Waals surface area (Å²) in [5, 5.41) is 0. The molecule has 3 rings (SSSR count). The molecule has 1 saturated heterocycles. The SMILES string of the molecule is CC(=O)N(CC(=O)N1CCN(c2cccc(C)c2C)CC1)c1ccc(C)c(C)c1. The molecule has 2 aromatic carbocycles. The van der Waals surface area contributed by atoms with Crippen LogP contribution in [0.15, 0.2) is 36.4 Å². The quantitative estimate of drug-likeness (QED) is 0.797. The average molecular weight is 394 g/mol. The van der Waals surface area contributed by atoms with Crippen LogP contribution in [0.25, 0.3) is 0 Å². The van der Waals surface area contributed by atoms with Crippen LogP contribution in [0.3, 0.4) is 0 Å². The minimum atomic E-state index is -0.115. The molecule has 154 valence electrons. The minimum Gasteiger partial charge on any atom is -0.368 e. The van der Waals surface area contributed by atoms with E-state index >= 15 is 0 Å². The van der Waals surface area contributed by atoms with E-state index in [1.165, 1.54) is 29.3 Å². The summed E-state index contributed by atoms with van der Waals surface area (Å²) in [4.78, 5) is 30.9. The van der Waals surface area contributed by atoms with Crippen LogP contribution in [0.2, 0.25) is 0 Å². The zero-order valence-corrected chi connectivity index (χ0v) is 18.2. The van der Waals surface area contributed by atoms with Gasteiger partial charge < -0.3 is 14.7 Å². The summed E-state index contributed by atoms with van der Waals surface area (Å²) < 4.78 is 0. The summed E-state index contributed by atoms with van der Waals surface area (Å²) in [6.07, 6.45) is 0. The lowest BCUT2D eigenvalue weighted by molar-refractivity contribution is -0.131. The van der Waals surface area contributed by atoms with Crippen molar-refractivity contribution in [2.24, 2.45) is 0 Å². The van der Waals surface area contributed by atoms with Gasteiger partial charge in [-0.3, -0.25) is 9.59 Å². The number of benzene rings is 2. The third-order valence-corrected chi connectivity index (χ3v) is 6.02. The van der Waals surface area contributed by atoms with Crippen LogP contribution in [0, 0.1) is 27.7 Å². The standard InChI is InChI=1S/C24H31N3O2/c1-17-9-10-22(15-19(17)3)27(21(5)28)16-24(29)26-13-11-25(12-14-26)23-8-6-7-18(2)20(23)4/h6-10,15H,11-14,16H2,1-5H3. The Morgan fingerprint density at radius 3 is 2.21 bits per heavy atom.